The molecular weight excluding hydrogens is 330 g/mol. The molecule has 1 saturated heterocycles. The second kappa shape index (κ2) is 6.70. The van der Waals surface area contributed by atoms with Gasteiger partial charge in [0, 0.05) is 12.6 Å². The molecule has 7 heteroatoms. The minimum absolute atomic E-state index is 0.0151. The van der Waals surface area contributed by atoms with Crippen LogP contribution in [0.15, 0.2) is 24.3 Å². The van der Waals surface area contributed by atoms with Crippen LogP contribution in [0.3, 0.4) is 0 Å². The van der Waals surface area contributed by atoms with E-state index in [2.05, 4.69) is 15.6 Å². The first-order chi connectivity index (χ1) is 12.6. The van der Waals surface area contributed by atoms with E-state index >= 15 is 0 Å². The highest BCUT2D eigenvalue weighted by atomic mass is 16.2. The quantitative estimate of drug-likeness (QED) is 0.908. The molecule has 0 bridgehead atoms. The highest BCUT2D eigenvalue weighted by Crippen LogP contribution is 2.31. The monoisotopic (exact) mass is 355 g/mol. The van der Waals surface area contributed by atoms with Crippen molar-refractivity contribution in [3.8, 4) is 0 Å². The summed E-state index contributed by atoms with van der Waals surface area (Å²) in [4.78, 5) is 27.6. The van der Waals surface area contributed by atoms with Crippen molar-refractivity contribution in [2.24, 2.45) is 0 Å². The van der Waals surface area contributed by atoms with Crippen LogP contribution >= 0.6 is 0 Å². The molecule has 0 spiro atoms. The highest BCUT2D eigenvalue weighted by molar-refractivity contribution is 5.92. The molecule has 0 unspecified atom stereocenters. The summed E-state index contributed by atoms with van der Waals surface area (Å²) in [5.74, 6) is -0.0964. The van der Waals surface area contributed by atoms with Crippen molar-refractivity contribution in [2.45, 2.75) is 63.6 Å². The van der Waals surface area contributed by atoms with E-state index in [1.54, 1.807) is 9.58 Å². The minimum atomic E-state index is -0.768. The average molecular weight is 355 g/mol. The first kappa shape index (κ1) is 17.0. The molecule has 7 nitrogen and oxygen atoms in total. The van der Waals surface area contributed by atoms with Gasteiger partial charge in [0.1, 0.15) is 17.6 Å². The molecule has 1 aromatic heterocycles. The van der Waals surface area contributed by atoms with Crippen LogP contribution < -0.4 is 5.32 Å². The number of nitrogens with one attached hydrogen (secondary N) is 1. The predicted octanol–water partition coefficient (Wildman–Crippen LogP) is 1.87. The first-order valence-electron chi connectivity index (χ1n) is 9.47. The van der Waals surface area contributed by atoms with Gasteiger partial charge >= 0.3 is 0 Å². The zero-order valence-electron chi connectivity index (χ0n) is 15.1. The van der Waals surface area contributed by atoms with Gasteiger partial charge in [-0.25, -0.2) is 4.68 Å². The van der Waals surface area contributed by atoms with Crippen LogP contribution in [0.5, 0.6) is 0 Å². The SMILES string of the molecule is C[C@@]1(C(=O)NC2CCCC2)CCCN1C(=O)Cn1nnc2ccccc21. The van der Waals surface area contributed by atoms with E-state index < -0.39 is 5.54 Å². The van der Waals surface area contributed by atoms with Gasteiger partial charge in [-0.3, -0.25) is 9.59 Å². The number of aromatic nitrogens is 3. The summed E-state index contributed by atoms with van der Waals surface area (Å²) in [5.41, 5.74) is 0.830. The van der Waals surface area contributed by atoms with Gasteiger partial charge in [-0.1, -0.05) is 30.2 Å². The van der Waals surface area contributed by atoms with Crippen LogP contribution in [0.2, 0.25) is 0 Å². The lowest BCUT2D eigenvalue weighted by Gasteiger charge is -2.35. The van der Waals surface area contributed by atoms with Gasteiger partial charge in [-0.05, 0) is 44.7 Å². The van der Waals surface area contributed by atoms with E-state index in [4.69, 9.17) is 0 Å². The number of likely N-dealkylation sites (tertiary alicyclic amines) is 1. The standard InChI is InChI=1S/C19H25N5O2/c1-19(18(26)20-14-7-2-3-8-14)11-6-12-23(19)17(25)13-24-16-10-5-4-9-15(16)21-22-24/h4-5,9-10,14H,2-3,6-8,11-13H2,1H3,(H,20,26)/t19-/m0/s1. The molecule has 1 saturated carbocycles. The summed E-state index contributed by atoms with van der Waals surface area (Å²) in [7, 11) is 0. The maximum absolute atomic E-state index is 13.0. The maximum atomic E-state index is 13.0. The predicted molar refractivity (Wildman–Crippen MR) is 97.3 cm³/mol. The largest absolute Gasteiger partial charge is 0.351 e. The Morgan fingerprint density at radius 1 is 1.23 bits per heavy atom. The lowest BCUT2D eigenvalue weighted by Crippen LogP contribution is -2.57. The van der Waals surface area contributed by atoms with E-state index in [-0.39, 0.29) is 24.4 Å². The molecule has 26 heavy (non-hydrogen) atoms. The number of carbonyl (C=O) groups is 2. The number of hydrogen-bond donors (Lipinski definition) is 1. The number of rotatable bonds is 4. The first-order valence-corrected chi connectivity index (χ1v) is 9.47. The van der Waals surface area contributed by atoms with Crippen molar-refractivity contribution in [1.29, 1.82) is 0 Å². The van der Waals surface area contributed by atoms with Gasteiger partial charge in [0.05, 0.1) is 5.52 Å². The van der Waals surface area contributed by atoms with Gasteiger partial charge < -0.3 is 10.2 Å². The second-order valence-electron chi connectivity index (χ2n) is 7.61. The summed E-state index contributed by atoms with van der Waals surface area (Å²) in [5, 5.41) is 11.4. The van der Waals surface area contributed by atoms with Crippen molar-refractivity contribution in [2.75, 3.05) is 6.54 Å². The summed E-state index contributed by atoms with van der Waals surface area (Å²) in [6.07, 6.45) is 5.97. The lowest BCUT2D eigenvalue weighted by atomic mass is 9.96. The lowest BCUT2D eigenvalue weighted by molar-refractivity contribution is -0.145. The fourth-order valence-corrected chi connectivity index (χ4v) is 4.26. The summed E-state index contributed by atoms with van der Waals surface area (Å²) >= 11 is 0. The number of carbonyl (C=O) groups excluding carboxylic acids is 2. The molecule has 2 aliphatic rings. The Morgan fingerprint density at radius 2 is 2.00 bits per heavy atom. The Hall–Kier alpha value is -2.44. The number of nitrogens with zero attached hydrogens (tertiary/aromatic N) is 4. The maximum Gasteiger partial charge on any atom is 0.245 e. The van der Waals surface area contributed by atoms with Crippen molar-refractivity contribution < 1.29 is 9.59 Å². The molecule has 2 amide bonds. The zero-order valence-corrected chi connectivity index (χ0v) is 15.1. The molecule has 138 valence electrons. The third-order valence-electron chi connectivity index (χ3n) is 5.83. The van der Waals surface area contributed by atoms with Crippen LogP contribution in [-0.2, 0) is 16.1 Å². The number of amides is 2. The van der Waals surface area contributed by atoms with Crippen LogP contribution in [0, 0.1) is 0 Å². The molecule has 0 radical (unpaired) electrons. The van der Waals surface area contributed by atoms with Crippen molar-refractivity contribution in [3.63, 3.8) is 0 Å². The Balaban J connectivity index is 1.49. The summed E-state index contributed by atoms with van der Waals surface area (Å²) < 4.78 is 1.62. The topological polar surface area (TPSA) is 80.1 Å². The van der Waals surface area contributed by atoms with Crippen LogP contribution in [0.25, 0.3) is 11.0 Å². The van der Waals surface area contributed by atoms with Gasteiger partial charge in [-0.15, -0.1) is 5.10 Å². The number of hydrogen-bond acceptors (Lipinski definition) is 4. The molecule has 1 aromatic carbocycles. The normalized spacial score (nSPS) is 23.7. The van der Waals surface area contributed by atoms with Crippen LogP contribution in [-0.4, -0.2) is 49.8 Å². The summed E-state index contributed by atoms with van der Waals surface area (Å²) in [6.45, 7) is 2.61. The average Bonchev–Trinajstić information content (AvgIpc) is 3.36. The van der Waals surface area contributed by atoms with Crippen molar-refractivity contribution in [3.05, 3.63) is 24.3 Å². The Kier molecular flexibility index (Phi) is 4.38. The van der Waals surface area contributed by atoms with Crippen molar-refractivity contribution in [1.82, 2.24) is 25.2 Å². The molecular formula is C19H25N5O2. The molecule has 1 aliphatic carbocycles. The molecule has 1 N–H and O–H groups in total. The number of benzene rings is 1. The van der Waals surface area contributed by atoms with Gasteiger partial charge in [-0.2, -0.15) is 0 Å². The smallest absolute Gasteiger partial charge is 0.245 e. The Labute approximate surface area is 152 Å². The molecule has 2 heterocycles. The van der Waals surface area contributed by atoms with E-state index in [0.29, 0.717) is 13.0 Å². The summed E-state index contributed by atoms with van der Waals surface area (Å²) in [6, 6.07) is 7.84. The Bertz CT molecular complexity index is 826. The van der Waals surface area contributed by atoms with E-state index in [1.165, 1.54) is 12.8 Å². The van der Waals surface area contributed by atoms with Crippen LogP contribution in [0.1, 0.15) is 45.4 Å². The molecule has 2 fully saturated rings. The van der Waals surface area contributed by atoms with Gasteiger partial charge in [0.2, 0.25) is 11.8 Å². The second-order valence-corrected chi connectivity index (χ2v) is 7.61. The van der Waals surface area contributed by atoms with Crippen molar-refractivity contribution >= 4 is 22.8 Å². The molecule has 1 aliphatic heterocycles. The highest BCUT2D eigenvalue weighted by Gasteiger charge is 2.46. The fraction of sp³-hybridized carbons (Fsp3) is 0.579. The Morgan fingerprint density at radius 3 is 2.81 bits per heavy atom. The third kappa shape index (κ3) is 2.95. The van der Waals surface area contributed by atoms with Gasteiger partial charge in [0.25, 0.3) is 0 Å². The van der Waals surface area contributed by atoms with E-state index in [0.717, 1.165) is 30.3 Å². The minimum Gasteiger partial charge on any atom is -0.351 e. The van der Waals surface area contributed by atoms with E-state index in [9.17, 15) is 9.59 Å². The van der Waals surface area contributed by atoms with E-state index in [1.807, 2.05) is 31.2 Å². The molecule has 4 rings (SSSR count). The zero-order chi connectivity index (χ0) is 18.1. The molecule has 1 atom stereocenters. The number of para-hydroxylation sites is 1. The number of fused-ring (bicyclic) bond motifs is 1. The van der Waals surface area contributed by atoms with Gasteiger partial charge in [0.15, 0.2) is 0 Å². The molecule has 2 aromatic rings. The fourth-order valence-electron chi connectivity index (χ4n) is 4.26. The third-order valence-corrected chi connectivity index (χ3v) is 5.83. The van der Waals surface area contributed by atoms with Crippen LogP contribution in [0.4, 0.5) is 0 Å².